The fourth-order valence-electron chi connectivity index (χ4n) is 1.08. The summed E-state index contributed by atoms with van der Waals surface area (Å²) in [4.78, 5) is 19.5. The number of nitrogens with one attached hydrogen (secondary N) is 1. The molecule has 0 saturated carbocycles. The summed E-state index contributed by atoms with van der Waals surface area (Å²) in [7, 11) is 0. The second kappa shape index (κ2) is 3.74. The predicted molar refractivity (Wildman–Crippen MR) is 50.8 cm³/mol. The van der Waals surface area contributed by atoms with Gasteiger partial charge in [0.25, 0.3) is 5.95 Å². The van der Waals surface area contributed by atoms with Crippen LogP contribution in [0.5, 0.6) is 0 Å². The topological polar surface area (TPSA) is 95.0 Å². The molecular weight excluding hydrogens is 198 g/mol. The van der Waals surface area contributed by atoms with Gasteiger partial charge < -0.3 is 5.11 Å². The van der Waals surface area contributed by atoms with E-state index in [0.717, 1.165) is 4.90 Å². The molecule has 76 valence electrons. The summed E-state index contributed by atoms with van der Waals surface area (Å²) in [6.45, 7) is 0. The number of aromatic nitrogens is 4. The largest absolute Gasteiger partial charge is 0.464 e. The third-order valence-electron chi connectivity index (χ3n) is 1.67. The zero-order valence-corrected chi connectivity index (χ0v) is 7.53. The first-order valence-corrected chi connectivity index (χ1v) is 4.09. The SMILES string of the molecule is O=C(O)N(c1ccccn1)c1nc[nH]n1. The highest BCUT2D eigenvalue weighted by Gasteiger charge is 2.20. The van der Waals surface area contributed by atoms with Crippen LogP contribution in [-0.2, 0) is 0 Å². The fraction of sp³-hybridized carbons (Fsp3) is 0. The van der Waals surface area contributed by atoms with Gasteiger partial charge in [0.2, 0.25) is 0 Å². The second-order valence-electron chi connectivity index (χ2n) is 2.61. The molecule has 0 aromatic carbocycles. The highest BCUT2D eigenvalue weighted by atomic mass is 16.4. The van der Waals surface area contributed by atoms with Gasteiger partial charge in [0.1, 0.15) is 12.1 Å². The van der Waals surface area contributed by atoms with Crippen molar-refractivity contribution in [2.75, 3.05) is 4.90 Å². The van der Waals surface area contributed by atoms with E-state index in [1.807, 2.05) is 0 Å². The minimum absolute atomic E-state index is 0.0428. The second-order valence-corrected chi connectivity index (χ2v) is 2.61. The Morgan fingerprint density at radius 3 is 2.80 bits per heavy atom. The number of H-pyrrole nitrogens is 1. The van der Waals surface area contributed by atoms with Crippen molar-refractivity contribution in [2.24, 2.45) is 0 Å². The first kappa shape index (κ1) is 9.13. The summed E-state index contributed by atoms with van der Waals surface area (Å²) in [5.41, 5.74) is 0. The molecule has 1 amide bonds. The lowest BCUT2D eigenvalue weighted by atomic mass is 10.4. The molecule has 7 heteroatoms. The average Bonchev–Trinajstić information content (AvgIpc) is 2.72. The van der Waals surface area contributed by atoms with Gasteiger partial charge in [0.05, 0.1) is 0 Å². The van der Waals surface area contributed by atoms with Gasteiger partial charge in [-0.05, 0) is 12.1 Å². The van der Waals surface area contributed by atoms with E-state index in [1.165, 1.54) is 12.5 Å². The number of hydrogen-bond donors (Lipinski definition) is 2. The van der Waals surface area contributed by atoms with Crippen LogP contribution in [0.4, 0.5) is 16.6 Å². The van der Waals surface area contributed by atoms with Crippen molar-refractivity contribution in [3.8, 4) is 0 Å². The van der Waals surface area contributed by atoms with Gasteiger partial charge in [-0.1, -0.05) is 6.07 Å². The number of pyridine rings is 1. The Morgan fingerprint density at radius 1 is 1.40 bits per heavy atom. The minimum atomic E-state index is -1.19. The molecule has 7 nitrogen and oxygen atoms in total. The molecule has 2 aromatic heterocycles. The van der Waals surface area contributed by atoms with E-state index in [0.29, 0.717) is 0 Å². The van der Waals surface area contributed by atoms with Crippen molar-refractivity contribution in [3.63, 3.8) is 0 Å². The molecule has 0 fully saturated rings. The lowest BCUT2D eigenvalue weighted by molar-refractivity contribution is 0.204. The van der Waals surface area contributed by atoms with Crippen LogP contribution in [0.3, 0.4) is 0 Å². The molecule has 0 aliphatic rings. The van der Waals surface area contributed by atoms with Crippen LogP contribution < -0.4 is 4.90 Å². The maximum atomic E-state index is 11.0. The molecule has 2 N–H and O–H groups in total. The van der Waals surface area contributed by atoms with Crippen LogP contribution in [0.15, 0.2) is 30.7 Å². The van der Waals surface area contributed by atoms with Crippen molar-refractivity contribution in [1.29, 1.82) is 0 Å². The van der Waals surface area contributed by atoms with Crippen molar-refractivity contribution in [1.82, 2.24) is 20.2 Å². The minimum Gasteiger partial charge on any atom is -0.464 e. The van der Waals surface area contributed by atoms with Crippen LogP contribution in [0.25, 0.3) is 0 Å². The monoisotopic (exact) mass is 205 g/mol. The van der Waals surface area contributed by atoms with E-state index in [4.69, 9.17) is 5.11 Å². The molecule has 0 aliphatic heterocycles. The van der Waals surface area contributed by atoms with Crippen LogP contribution in [0.2, 0.25) is 0 Å². The quantitative estimate of drug-likeness (QED) is 0.762. The van der Waals surface area contributed by atoms with Gasteiger partial charge in [-0.2, -0.15) is 9.88 Å². The van der Waals surface area contributed by atoms with E-state index in [-0.39, 0.29) is 11.8 Å². The Balaban J connectivity index is 2.42. The summed E-state index contributed by atoms with van der Waals surface area (Å²) in [6, 6.07) is 4.94. The first-order chi connectivity index (χ1) is 7.29. The molecule has 2 heterocycles. The van der Waals surface area contributed by atoms with Gasteiger partial charge in [-0.3, -0.25) is 5.10 Å². The van der Waals surface area contributed by atoms with Gasteiger partial charge in [0.15, 0.2) is 0 Å². The van der Waals surface area contributed by atoms with Gasteiger partial charge in [-0.25, -0.2) is 9.78 Å². The molecule has 0 radical (unpaired) electrons. The molecule has 0 spiro atoms. The fourth-order valence-corrected chi connectivity index (χ4v) is 1.08. The number of hydrogen-bond acceptors (Lipinski definition) is 4. The molecule has 2 aromatic rings. The third kappa shape index (κ3) is 1.75. The van der Waals surface area contributed by atoms with Crippen LogP contribution >= 0.6 is 0 Å². The Hall–Kier alpha value is -2.44. The summed E-state index contributed by atoms with van der Waals surface area (Å²) in [5, 5.41) is 15.1. The van der Waals surface area contributed by atoms with Crippen LogP contribution in [0.1, 0.15) is 0 Å². The Kier molecular flexibility index (Phi) is 2.28. The van der Waals surface area contributed by atoms with Crippen molar-refractivity contribution < 1.29 is 9.90 Å². The zero-order valence-electron chi connectivity index (χ0n) is 7.53. The Morgan fingerprint density at radius 2 is 2.27 bits per heavy atom. The standard InChI is InChI=1S/C8H7N5O2/c14-8(15)13(7-10-5-11-12-7)6-3-1-2-4-9-6/h1-5H,(H,14,15)(H,10,11,12). The molecule has 0 aliphatic carbocycles. The smallest absolute Gasteiger partial charge is 0.420 e. The molecule has 2 rings (SSSR count). The van der Waals surface area contributed by atoms with E-state index >= 15 is 0 Å². The molecule has 0 bridgehead atoms. The molecule has 0 atom stereocenters. The highest BCUT2D eigenvalue weighted by molar-refractivity contribution is 5.91. The van der Waals surface area contributed by atoms with Crippen molar-refractivity contribution >= 4 is 17.9 Å². The lowest BCUT2D eigenvalue weighted by Gasteiger charge is -2.12. The highest BCUT2D eigenvalue weighted by Crippen LogP contribution is 2.17. The number of carbonyl (C=O) groups is 1. The number of aromatic amines is 1. The predicted octanol–water partition coefficient (Wildman–Crippen LogP) is 1.02. The van der Waals surface area contributed by atoms with E-state index in [9.17, 15) is 4.79 Å². The Bertz CT molecular complexity index is 441. The van der Waals surface area contributed by atoms with Gasteiger partial charge >= 0.3 is 6.09 Å². The summed E-state index contributed by atoms with van der Waals surface area (Å²) in [5.74, 6) is 0.297. The number of carboxylic acid groups (broad SMARTS) is 1. The van der Waals surface area contributed by atoms with E-state index in [1.54, 1.807) is 18.2 Å². The Labute approximate surface area is 84.4 Å². The van der Waals surface area contributed by atoms with Crippen molar-refractivity contribution in [3.05, 3.63) is 30.7 Å². The van der Waals surface area contributed by atoms with Gasteiger partial charge in [0, 0.05) is 6.20 Å². The summed E-state index contributed by atoms with van der Waals surface area (Å²) >= 11 is 0. The molecule has 0 unspecified atom stereocenters. The average molecular weight is 205 g/mol. The summed E-state index contributed by atoms with van der Waals surface area (Å²) in [6.07, 6.45) is 1.61. The first-order valence-electron chi connectivity index (χ1n) is 4.09. The molecule has 15 heavy (non-hydrogen) atoms. The number of amides is 1. The number of nitrogens with zero attached hydrogens (tertiary/aromatic N) is 4. The maximum Gasteiger partial charge on any atom is 0.420 e. The molecule has 0 saturated heterocycles. The lowest BCUT2D eigenvalue weighted by Crippen LogP contribution is -2.25. The van der Waals surface area contributed by atoms with Crippen LogP contribution in [0, 0.1) is 0 Å². The maximum absolute atomic E-state index is 11.0. The third-order valence-corrected chi connectivity index (χ3v) is 1.67. The van der Waals surface area contributed by atoms with E-state index < -0.39 is 6.09 Å². The molecular formula is C8H7N5O2. The van der Waals surface area contributed by atoms with E-state index in [2.05, 4.69) is 20.2 Å². The van der Waals surface area contributed by atoms with Crippen LogP contribution in [-0.4, -0.2) is 31.4 Å². The normalized spacial score (nSPS) is 9.87. The zero-order chi connectivity index (χ0) is 10.7. The number of rotatable bonds is 2. The van der Waals surface area contributed by atoms with Crippen molar-refractivity contribution in [2.45, 2.75) is 0 Å². The van der Waals surface area contributed by atoms with Gasteiger partial charge in [-0.15, -0.1) is 5.10 Å². The summed E-state index contributed by atoms with van der Waals surface area (Å²) < 4.78 is 0. The number of anilines is 2.